The lowest BCUT2D eigenvalue weighted by Crippen LogP contribution is -2.19. The maximum Gasteiger partial charge on any atom is 0.351 e. The van der Waals surface area contributed by atoms with Crippen LogP contribution in [0.25, 0.3) is 11.0 Å². The Morgan fingerprint density at radius 1 is 1.57 bits per heavy atom. The maximum absolute atomic E-state index is 11.8. The van der Waals surface area contributed by atoms with Gasteiger partial charge in [0.25, 0.3) is 5.56 Å². The second-order valence-corrected chi connectivity index (χ2v) is 6.75. The number of anilines is 1. The standard InChI is InChI=1S/C11H15N4O7P/c12-7-1-5-9(10(17)14-7)13-3-15(5)11-6(16)2-8(22-11)21-4-23(18,19)20/h1,3,6,8,11,16H,2,4H2,(H3,12,14,17)(H2,18,19,20)/t6-,8-,11+/m0/s1. The summed E-state index contributed by atoms with van der Waals surface area (Å²) >= 11 is 0. The van der Waals surface area contributed by atoms with Gasteiger partial charge in [-0.25, -0.2) is 4.98 Å². The van der Waals surface area contributed by atoms with Crippen molar-refractivity contribution >= 4 is 24.4 Å². The molecule has 0 spiro atoms. The Labute approximate surface area is 128 Å². The summed E-state index contributed by atoms with van der Waals surface area (Å²) in [4.78, 5) is 35.7. The number of hydrogen-bond donors (Lipinski definition) is 5. The number of rotatable bonds is 4. The van der Waals surface area contributed by atoms with Crippen LogP contribution in [-0.4, -0.2) is 48.2 Å². The molecule has 2 aromatic heterocycles. The van der Waals surface area contributed by atoms with E-state index in [0.717, 1.165) is 0 Å². The van der Waals surface area contributed by atoms with Crippen LogP contribution in [0.4, 0.5) is 5.82 Å². The molecule has 23 heavy (non-hydrogen) atoms. The van der Waals surface area contributed by atoms with Gasteiger partial charge in [0.1, 0.15) is 11.9 Å². The van der Waals surface area contributed by atoms with E-state index in [1.54, 1.807) is 0 Å². The number of imidazole rings is 1. The normalized spacial score (nSPS) is 25.3. The minimum atomic E-state index is -4.33. The number of ether oxygens (including phenoxy) is 2. The van der Waals surface area contributed by atoms with Crippen molar-refractivity contribution in [3.63, 3.8) is 0 Å². The van der Waals surface area contributed by atoms with E-state index in [9.17, 15) is 14.5 Å². The van der Waals surface area contributed by atoms with E-state index < -0.39 is 38.1 Å². The Kier molecular flexibility index (Phi) is 4.00. The Bertz CT molecular complexity index is 827. The Balaban J connectivity index is 1.85. The molecule has 0 radical (unpaired) electrons. The van der Waals surface area contributed by atoms with Gasteiger partial charge in [-0.15, -0.1) is 0 Å². The lowest BCUT2D eigenvalue weighted by atomic mass is 10.2. The third kappa shape index (κ3) is 3.29. The number of aliphatic hydroxyl groups is 1. The first kappa shape index (κ1) is 16.1. The van der Waals surface area contributed by atoms with Crippen molar-refractivity contribution in [1.29, 1.82) is 0 Å². The predicted octanol–water partition coefficient (Wildman–Crippen LogP) is -0.936. The molecule has 0 unspecified atom stereocenters. The largest absolute Gasteiger partial charge is 0.388 e. The summed E-state index contributed by atoms with van der Waals surface area (Å²) in [5, 5.41) is 10.1. The van der Waals surface area contributed by atoms with Crippen LogP contribution in [0.2, 0.25) is 0 Å². The van der Waals surface area contributed by atoms with Crippen LogP contribution in [0.15, 0.2) is 17.2 Å². The topological polar surface area (TPSA) is 173 Å². The summed E-state index contributed by atoms with van der Waals surface area (Å²) in [5.74, 6) is 0.131. The number of fused-ring (bicyclic) bond motifs is 1. The SMILES string of the molecule is Nc1cc2c(ncn2[C@@H]2O[C@H](OCP(=O)(O)O)C[C@@H]2O)c(=O)[nH]1. The number of nitrogen functional groups attached to an aromatic ring is 1. The van der Waals surface area contributed by atoms with Gasteiger partial charge in [-0.3, -0.25) is 9.36 Å². The van der Waals surface area contributed by atoms with Crippen LogP contribution in [0.3, 0.4) is 0 Å². The number of nitrogens with two attached hydrogens (primary N) is 1. The second-order valence-electron chi connectivity index (χ2n) is 5.16. The molecule has 1 fully saturated rings. The molecule has 3 heterocycles. The third-order valence-electron chi connectivity index (χ3n) is 3.35. The zero-order chi connectivity index (χ0) is 16.8. The lowest BCUT2D eigenvalue weighted by Gasteiger charge is -2.17. The maximum atomic E-state index is 11.8. The molecule has 126 valence electrons. The van der Waals surface area contributed by atoms with Gasteiger partial charge in [0.05, 0.1) is 11.8 Å². The number of nitrogens with one attached hydrogen (secondary N) is 1. The van der Waals surface area contributed by atoms with Crippen molar-refractivity contribution in [1.82, 2.24) is 14.5 Å². The van der Waals surface area contributed by atoms with Crippen molar-refractivity contribution in [3.05, 3.63) is 22.7 Å². The molecule has 0 aromatic carbocycles. The van der Waals surface area contributed by atoms with Crippen LogP contribution in [0.1, 0.15) is 12.6 Å². The molecule has 1 saturated heterocycles. The van der Waals surface area contributed by atoms with Gasteiger partial charge in [0.15, 0.2) is 24.4 Å². The molecule has 0 bridgehead atoms. The molecular weight excluding hydrogens is 331 g/mol. The molecule has 0 saturated carbocycles. The monoisotopic (exact) mass is 346 g/mol. The van der Waals surface area contributed by atoms with Crippen molar-refractivity contribution in [3.8, 4) is 0 Å². The number of pyridine rings is 1. The summed E-state index contributed by atoms with van der Waals surface area (Å²) < 4.78 is 22.6. The van der Waals surface area contributed by atoms with Gasteiger partial charge in [-0.1, -0.05) is 0 Å². The number of aromatic nitrogens is 3. The zero-order valence-corrected chi connectivity index (χ0v) is 12.6. The summed E-state index contributed by atoms with van der Waals surface area (Å²) in [5.41, 5.74) is 5.63. The number of nitrogens with zero attached hydrogens (tertiary/aromatic N) is 2. The summed E-state index contributed by atoms with van der Waals surface area (Å²) in [6, 6.07) is 1.48. The highest BCUT2D eigenvalue weighted by Gasteiger charge is 2.37. The third-order valence-corrected chi connectivity index (χ3v) is 3.84. The average molecular weight is 346 g/mol. The molecule has 3 atom stereocenters. The molecular formula is C11H15N4O7P. The average Bonchev–Trinajstić information content (AvgIpc) is 2.99. The minimum absolute atomic E-state index is 0.0169. The van der Waals surface area contributed by atoms with Gasteiger partial charge in [-0.05, 0) is 0 Å². The molecule has 11 nitrogen and oxygen atoms in total. The van der Waals surface area contributed by atoms with Crippen LogP contribution < -0.4 is 11.3 Å². The van der Waals surface area contributed by atoms with Crippen LogP contribution in [-0.2, 0) is 14.0 Å². The van der Waals surface area contributed by atoms with E-state index in [0.29, 0.717) is 5.52 Å². The summed E-state index contributed by atoms with van der Waals surface area (Å²) in [6.07, 6.45) is -2.38. The number of aliphatic hydroxyl groups excluding tert-OH is 1. The second kappa shape index (κ2) is 5.71. The van der Waals surface area contributed by atoms with E-state index in [2.05, 4.69) is 9.97 Å². The van der Waals surface area contributed by atoms with Crippen LogP contribution in [0, 0.1) is 0 Å². The van der Waals surface area contributed by atoms with Gasteiger partial charge >= 0.3 is 7.60 Å². The van der Waals surface area contributed by atoms with Crippen molar-refractivity contribution in [2.45, 2.75) is 25.0 Å². The van der Waals surface area contributed by atoms with Crippen molar-refractivity contribution < 1.29 is 28.9 Å². The van der Waals surface area contributed by atoms with E-state index in [1.807, 2.05) is 0 Å². The first-order valence-electron chi connectivity index (χ1n) is 6.59. The zero-order valence-electron chi connectivity index (χ0n) is 11.7. The smallest absolute Gasteiger partial charge is 0.351 e. The van der Waals surface area contributed by atoms with Crippen molar-refractivity contribution in [2.75, 3.05) is 12.1 Å². The van der Waals surface area contributed by atoms with Gasteiger partial charge in [-0.2, -0.15) is 0 Å². The molecule has 1 aliphatic heterocycles. The van der Waals surface area contributed by atoms with Gasteiger partial charge < -0.3 is 39.7 Å². The summed E-state index contributed by atoms with van der Waals surface area (Å²) in [6.45, 7) is 0. The first-order valence-corrected chi connectivity index (χ1v) is 8.39. The Morgan fingerprint density at radius 2 is 2.30 bits per heavy atom. The molecule has 6 N–H and O–H groups in total. The molecule has 12 heteroatoms. The van der Waals surface area contributed by atoms with E-state index in [-0.39, 0.29) is 17.8 Å². The quantitative estimate of drug-likeness (QED) is 0.438. The minimum Gasteiger partial charge on any atom is -0.388 e. The fourth-order valence-electron chi connectivity index (χ4n) is 2.42. The van der Waals surface area contributed by atoms with Crippen molar-refractivity contribution in [2.24, 2.45) is 0 Å². The fraction of sp³-hybridized carbons (Fsp3) is 0.455. The predicted molar refractivity (Wildman–Crippen MR) is 77.3 cm³/mol. The molecule has 1 aliphatic rings. The van der Waals surface area contributed by atoms with Crippen LogP contribution in [0.5, 0.6) is 0 Å². The highest BCUT2D eigenvalue weighted by atomic mass is 31.2. The highest BCUT2D eigenvalue weighted by Crippen LogP contribution is 2.37. The fourth-order valence-corrected chi connectivity index (χ4v) is 2.78. The summed E-state index contributed by atoms with van der Waals surface area (Å²) in [7, 11) is -4.33. The van der Waals surface area contributed by atoms with E-state index in [1.165, 1.54) is 17.0 Å². The molecule has 0 aliphatic carbocycles. The Morgan fingerprint density at radius 3 is 3.00 bits per heavy atom. The molecule has 3 rings (SSSR count). The van der Waals surface area contributed by atoms with Gasteiger partial charge in [0.2, 0.25) is 0 Å². The molecule has 0 amide bonds. The lowest BCUT2D eigenvalue weighted by molar-refractivity contribution is -0.145. The number of hydrogen-bond acceptors (Lipinski definition) is 7. The highest BCUT2D eigenvalue weighted by molar-refractivity contribution is 7.51. The Hall–Kier alpha value is -1.75. The number of H-pyrrole nitrogens is 1. The van der Waals surface area contributed by atoms with E-state index in [4.69, 9.17) is 25.0 Å². The first-order chi connectivity index (χ1) is 10.7. The number of aromatic amines is 1. The van der Waals surface area contributed by atoms with E-state index >= 15 is 0 Å². The van der Waals surface area contributed by atoms with Crippen LogP contribution >= 0.6 is 7.60 Å². The molecule has 2 aromatic rings. The van der Waals surface area contributed by atoms with Gasteiger partial charge in [0, 0.05) is 12.5 Å².